The van der Waals surface area contributed by atoms with Crippen LogP contribution in [0.1, 0.15) is 13.8 Å². The molecule has 0 aliphatic rings. The Morgan fingerprint density at radius 2 is 1.50 bits per heavy atom. The van der Waals surface area contributed by atoms with Crippen LogP contribution in [0.5, 0.6) is 0 Å². The summed E-state index contributed by atoms with van der Waals surface area (Å²) in [5.74, 6) is 0. The van der Waals surface area contributed by atoms with Crippen LogP contribution in [0.15, 0.2) is 0 Å². The molecule has 0 fully saturated rings. The number of rotatable bonds is 2. The highest BCUT2D eigenvalue weighted by Crippen LogP contribution is 1.64. The van der Waals surface area contributed by atoms with E-state index in [-0.39, 0.29) is 11.0 Å². The molecule has 0 rings (SSSR count). The maximum atomic E-state index is 4.83. The summed E-state index contributed by atoms with van der Waals surface area (Å²) in [4.78, 5) is 0. The first-order valence-corrected chi connectivity index (χ1v) is 1.99. The summed E-state index contributed by atoms with van der Waals surface area (Å²) in [5.41, 5.74) is 0. The Labute approximate surface area is 43.7 Å². The van der Waals surface area contributed by atoms with E-state index in [1.165, 1.54) is 0 Å². The summed E-state index contributed by atoms with van der Waals surface area (Å²) in [7, 11) is 0. The molecule has 0 saturated heterocycles. The Morgan fingerprint density at radius 1 is 1.17 bits per heavy atom. The lowest BCUT2D eigenvalue weighted by atomic mass is 10.8. The third kappa shape index (κ3) is 8.90. The van der Waals surface area contributed by atoms with Crippen molar-refractivity contribution in [2.45, 2.75) is 13.8 Å². The average molecular weight is 102 g/mol. The molecule has 0 aliphatic carbocycles. The van der Waals surface area contributed by atoms with Gasteiger partial charge in [0.05, 0.1) is 0 Å². The van der Waals surface area contributed by atoms with Gasteiger partial charge in [0.2, 0.25) is 0 Å². The minimum atomic E-state index is 0. The lowest BCUT2D eigenvalue weighted by Gasteiger charge is -1.86. The molecule has 4 radical (unpaired) electrons. The van der Waals surface area contributed by atoms with Crippen LogP contribution in [-0.2, 0) is 4.74 Å². The fourth-order valence-corrected chi connectivity index (χ4v) is 0.204. The SMILES string of the molecule is CCOCC.[Si]. The molecule has 0 aromatic heterocycles. The quantitative estimate of drug-likeness (QED) is 0.465. The first kappa shape index (κ1) is 9.49. The van der Waals surface area contributed by atoms with Gasteiger partial charge in [-0.05, 0) is 13.8 Å². The Balaban J connectivity index is 0. The van der Waals surface area contributed by atoms with E-state index < -0.39 is 0 Å². The summed E-state index contributed by atoms with van der Waals surface area (Å²) in [6.07, 6.45) is 0. The molecular weight excluding hydrogens is 92.1 g/mol. The maximum Gasteiger partial charge on any atom is 0.0437 e. The summed E-state index contributed by atoms with van der Waals surface area (Å²) >= 11 is 0. The monoisotopic (exact) mass is 102 g/mol. The fourth-order valence-electron chi connectivity index (χ4n) is 0.204. The zero-order chi connectivity index (χ0) is 4.12. The van der Waals surface area contributed by atoms with Crippen molar-refractivity contribution in [3.63, 3.8) is 0 Å². The van der Waals surface area contributed by atoms with Gasteiger partial charge in [0.25, 0.3) is 0 Å². The van der Waals surface area contributed by atoms with Crippen LogP contribution >= 0.6 is 0 Å². The van der Waals surface area contributed by atoms with Gasteiger partial charge in [-0.25, -0.2) is 0 Å². The molecule has 0 aromatic carbocycles. The van der Waals surface area contributed by atoms with E-state index in [0.717, 1.165) is 13.2 Å². The predicted octanol–water partition coefficient (Wildman–Crippen LogP) is 0.662. The summed E-state index contributed by atoms with van der Waals surface area (Å²) in [5, 5.41) is 0. The van der Waals surface area contributed by atoms with Crippen LogP contribution in [0.4, 0.5) is 0 Å². The third-order valence-corrected chi connectivity index (χ3v) is 0.408. The van der Waals surface area contributed by atoms with Crippen molar-refractivity contribution in [1.82, 2.24) is 0 Å². The second-order valence-corrected chi connectivity index (χ2v) is 0.781. The molecular formula is C4H10OSi. The summed E-state index contributed by atoms with van der Waals surface area (Å²) < 4.78 is 4.83. The Kier molecular flexibility index (Phi) is 14.2. The van der Waals surface area contributed by atoms with Crippen molar-refractivity contribution in [2.24, 2.45) is 0 Å². The van der Waals surface area contributed by atoms with E-state index in [1.807, 2.05) is 13.8 Å². The zero-order valence-corrected chi connectivity index (χ0v) is 5.32. The number of hydrogen-bond donors (Lipinski definition) is 0. The number of hydrogen-bond acceptors (Lipinski definition) is 1. The minimum absolute atomic E-state index is 0. The van der Waals surface area contributed by atoms with E-state index in [9.17, 15) is 0 Å². The van der Waals surface area contributed by atoms with Crippen LogP contribution < -0.4 is 0 Å². The second kappa shape index (κ2) is 8.95. The zero-order valence-electron chi connectivity index (χ0n) is 4.32. The molecule has 0 bridgehead atoms. The van der Waals surface area contributed by atoms with Crippen LogP contribution in [0.3, 0.4) is 0 Å². The molecule has 36 valence electrons. The third-order valence-electron chi connectivity index (χ3n) is 0.408. The highest BCUT2D eigenvalue weighted by Gasteiger charge is 1.64. The van der Waals surface area contributed by atoms with Gasteiger partial charge in [-0.3, -0.25) is 0 Å². The van der Waals surface area contributed by atoms with Crippen molar-refractivity contribution in [3.8, 4) is 0 Å². The fraction of sp³-hybridized carbons (Fsp3) is 1.00. The van der Waals surface area contributed by atoms with Gasteiger partial charge in [0, 0.05) is 24.2 Å². The molecule has 6 heavy (non-hydrogen) atoms. The molecule has 0 N–H and O–H groups in total. The van der Waals surface area contributed by atoms with E-state index in [1.54, 1.807) is 0 Å². The van der Waals surface area contributed by atoms with Crippen molar-refractivity contribution in [2.75, 3.05) is 13.2 Å². The predicted molar refractivity (Wildman–Crippen MR) is 27.9 cm³/mol. The normalized spacial score (nSPS) is 7.00. The molecule has 0 heterocycles. The van der Waals surface area contributed by atoms with Crippen molar-refractivity contribution < 1.29 is 4.74 Å². The van der Waals surface area contributed by atoms with Crippen LogP contribution in [0, 0.1) is 0 Å². The molecule has 2 heteroatoms. The maximum absolute atomic E-state index is 4.83. The van der Waals surface area contributed by atoms with Gasteiger partial charge in [-0.15, -0.1) is 0 Å². The molecule has 0 amide bonds. The van der Waals surface area contributed by atoms with Gasteiger partial charge in [-0.2, -0.15) is 0 Å². The Morgan fingerprint density at radius 3 is 1.50 bits per heavy atom. The molecule has 0 aromatic rings. The van der Waals surface area contributed by atoms with Crippen molar-refractivity contribution in [1.29, 1.82) is 0 Å². The molecule has 0 atom stereocenters. The molecule has 0 unspecified atom stereocenters. The highest BCUT2D eigenvalue weighted by atomic mass is 28.1. The first-order valence-electron chi connectivity index (χ1n) is 1.99. The van der Waals surface area contributed by atoms with E-state index in [2.05, 4.69) is 0 Å². The smallest absolute Gasteiger partial charge is 0.0437 e. The van der Waals surface area contributed by atoms with E-state index >= 15 is 0 Å². The van der Waals surface area contributed by atoms with Gasteiger partial charge < -0.3 is 4.74 Å². The topological polar surface area (TPSA) is 9.23 Å². The Hall–Kier alpha value is 0.177. The van der Waals surface area contributed by atoms with E-state index in [4.69, 9.17) is 4.74 Å². The largest absolute Gasteiger partial charge is 0.382 e. The van der Waals surface area contributed by atoms with Gasteiger partial charge >= 0.3 is 0 Å². The Bertz CT molecular complexity index is 15.0. The molecule has 1 nitrogen and oxygen atoms in total. The van der Waals surface area contributed by atoms with Gasteiger partial charge in [0.1, 0.15) is 0 Å². The lowest BCUT2D eigenvalue weighted by molar-refractivity contribution is 0.162. The highest BCUT2D eigenvalue weighted by molar-refractivity contribution is 5.75. The molecule has 0 aliphatic heterocycles. The summed E-state index contributed by atoms with van der Waals surface area (Å²) in [6.45, 7) is 5.67. The molecule has 0 saturated carbocycles. The minimum Gasteiger partial charge on any atom is -0.382 e. The van der Waals surface area contributed by atoms with Gasteiger partial charge in [-0.1, -0.05) is 0 Å². The standard InChI is InChI=1S/C4H10O.Si/c1-3-5-4-2;/h3-4H2,1-2H3;. The lowest BCUT2D eigenvalue weighted by Crippen LogP contribution is -1.84. The van der Waals surface area contributed by atoms with E-state index in [0.29, 0.717) is 0 Å². The van der Waals surface area contributed by atoms with Crippen molar-refractivity contribution in [3.05, 3.63) is 0 Å². The second-order valence-electron chi connectivity index (χ2n) is 0.781. The van der Waals surface area contributed by atoms with Crippen molar-refractivity contribution >= 4 is 11.0 Å². The van der Waals surface area contributed by atoms with Crippen LogP contribution in [0.2, 0.25) is 0 Å². The average Bonchev–Trinajstić information content (AvgIpc) is 1.41. The molecule has 0 spiro atoms. The van der Waals surface area contributed by atoms with Gasteiger partial charge in [0.15, 0.2) is 0 Å². The van der Waals surface area contributed by atoms with Crippen LogP contribution in [0.25, 0.3) is 0 Å². The first-order chi connectivity index (χ1) is 2.41. The van der Waals surface area contributed by atoms with Crippen LogP contribution in [-0.4, -0.2) is 24.2 Å². The number of ether oxygens (including phenoxy) is 1. The summed E-state index contributed by atoms with van der Waals surface area (Å²) in [6, 6.07) is 0.